The Hall–Kier alpha value is -0.180. The maximum Gasteiger partial charge on any atom is 0.211 e. The van der Waals surface area contributed by atoms with Gasteiger partial charge in [0.2, 0.25) is 10.0 Å². The fraction of sp³-hybridized carbons (Fsp3) is 1.00. The van der Waals surface area contributed by atoms with Gasteiger partial charge in [0.1, 0.15) is 0 Å². The highest BCUT2D eigenvalue weighted by molar-refractivity contribution is 7.91. The van der Waals surface area contributed by atoms with Crippen LogP contribution in [0.25, 0.3) is 0 Å². The van der Waals surface area contributed by atoms with Crippen LogP contribution in [0.2, 0.25) is 0 Å². The van der Waals surface area contributed by atoms with Gasteiger partial charge >= 0.3 is 0 Å². The predicted molar refractivity (Wildman–Crippen MR) is 74.2 cm³/mol. The normalized spacial score (nSPS) is 32.5. The molecule has 2 unspecified atom stereocenters. The fourth-order valence-corrected chi connectivity index (χ4v) is 5.43. The minimum absolute atomic E-state index is 0.0404. The fourth-order valence-electron chi connectivity index (χ4n) is 2.78. The SMILES string of the molecule is CS(=O)(=O)N1CCCC(CNC2CCS(=O)(=O)C2)C1. The molecule has 0 amide bonds. The van der Waals surface area contributed by atoms with Crippen molar-refractivity contribution >= 4 is 19.9 Å². The third-order valence-electron chi connectivity index (χ3n) is 3.88. The Balaban J connectivity index is 1.80. The molecular weight excluding hydrogens is 288 g/mol. The number of rotatable bonds is 4. The maximum absolute atomic E-state index is 11.5. The lowest BCUT2D eigenvalue weighted by Gasteiger charge is -2.31. The van der Waals surface area contributed by atoms with Crippen LogP contribution in [0.4, 0.5) is 0 Å². The highest BCUT2D eigenvalue weighted by Crippen LogP contribution is 2.19. The first-order valence-electron chi connectivity index (χ1n) is 6.65. The standard InChI is InChI=1S/C11H22N2O4S2/c1-18(14,15)13-5-2-3-10(8-13)7-12-11-4-6-19(16,17)9-11/h10-12H,2-9H2,1H3. The quantitative estimate of drug-likeness (QED) is 0.752. The molecule has 0 aromatic rings. The molecule has 2 heterocycles. The van der Waals surface area contributed by atoms with E-state index in [1.165, 1.54) is 10.6 Å². The Kier molecular flexibility index (Phi) is 4.54. The van der Waals surface area contributed by atoms with Gasteiger partial charge in [-0.05, 0) is 31.7 Å². The van der Waals surface area contributed by atoms with Crippen molar-refractivity contribution in [2.45, 2.75) is 25.3 Å². The summed E-state index contributed by atoms with van der Waals surface area (Å²) in [5.74, 6) is 0.770. The van der Waals surface area contributed by atoms with E-state index >= 15 is 0 Å². The second-order valence-electron chi connectivity index (χ2n) is 5.64. The van der Waals surface area contributed by atoms with Crippen LogP contribution in [0, 0.1) is 5.92 Å². The molecule has 2 saturated heterocycles. The largest absolute Gasteiger partial charge is 0.313 e. The van der Waals surface area contributed by atoms with E-state index in [1.54, 1.807) is 0 Å². The van der Waals surface area contributed by atoms with E-state index in [1.807, 2.05) is 0 Å². The molecule has 0 bridgehead atoms. The van der Waals surface area contributed by atoms with Gasteiger partial charge in [-0.15, -0.1) is 0 Å². The molecule has 2 rings (SSSR count). The number of nitrogens with zero attached hydrogens (tertiary/aromatic N) is 1. The van der Waals surface area contributed by atoms with Gasteiger partial charge in [-0.25, -0.2) is 21.1 Å². The molecule has 0 aliphatic carbocycles. The van der Waals surface area contributed by atoms with Gasteiger partial charge in [-0.1, -0.05) is 0 Å². The van der Waals surface area contributed by atoms with E-state index < -0.39 is 19.9 Å². The van der Waals surface area contributed by atoms with E-state index in [4.69, 9.17) is 0 Å². The molecule has 8 heteroatoms. The minimum Gasteiger partial charge on any atom is -0.313 e. The van der Waals surface area contributed by atoms with Crippen molar-refractivity contribution < 1.29 is 16.8 Å². The number of piperidine rings is 1. The van der Waals surface area contributed by atoms with Gasteiger partial charge in [0.15, 0.2) is 9.84 Å². The van der Waals surface area contributed by atoms with Crippen molar-refractivity contribution in [3.63, 3.8) is 0 Å². The van der Waals surface area contributed by atoms with Crippen LogP contribution in [-0.2, 0) is 19.9 Å². The van der Waals surface area contributed by atoms with Crippen molar-refractivity contribution in [3.05, 3.63) is 0 Å². The van der Waals surface area contributed by atoms with Crippen molar-refractivity contribution in [1.82, 2.24) is 9.62 Å². The molecule has 19 heavy (non-hydrogen) atoms. The number of hydrogen-bond donors (Lipinski definition) is 1. The van der Waals surface area contributed by atoms with Gasteiger partial charge in [0, 0.05) is 19.1 Å². The lowest BCUT2D eigenvalue weighted by Crippen LogP contribution is -2.44. The third-order valence-corrected chi connectivity index (χ3v) is 6.92. The Morgan fingerprint density at radius 1 is 1.32 bits per heavy atom. The highest BCUT2D eigenvalue weighted by Gasteiger charge is 2.30. The zero-order valence-electron chi connectivity index (χ0n) is 11.2. The van der Waals surface area contributed by atoms with Crippen molar-refractivity contribution in [3.8, 4) is 0 Å². The smallest absolute Gasteiger partial charge is 0.211 e. The lowest BCUT2D eigenvalue weighted by atomic mass is 9.99. The molecule has 0 saturated carbocycles. The average Bonchev–Trinajstić information content (AvgIpc) is 2.66. The third kappa shape index (κ3) is 4.40. The van der Waals surface area contributed by atoms with Gasteiger partial charge in [-0.3, -0.25) is 0 Å². The average molecular weight is 310 g/mol. The molecular formula is C11H22N2O4S2. The van der Waals surface area contributed by atoms with Crippen LogP contribution in [0.5, 0.6) is 0 Å². The van der Waals surface area contributed by atoms with Crippen LogP contribution in [0.15, 0.2) is 0 Å². The van der Waals surface area contributed by atoms with Crippen LogP contribution in [0.1, 0.15) is 19.3 Å². The maximum atomic E-state index is 11.5. The molecule has 0 radical (unpaired) electrons. The first-order valence-corrected chi connectivity index (χ1v) is 10.3. The van der Waals surface area contributed by atoms with Crippen LogP contribution in [-0.4, -0.2) is 64.6 Å². The second kappa shape index (κ2) is 5.67. The summed E-state index contributed by atoms with van der Waals surface area (Å²) in [6, 6.07) is 0.0404. The Labute approximate surface area is 115 Å². The summed E-state index contributed by atoms with van der Waals surface area (Å²) in [7, 11) is -5.96. The van der Waals surface area contributed by atoms with Gasteiger partial charge in [0.25, 0.3) is 0 Å². The summed E-state index contributed by atoms with van der Waals surface area (Å²) in [6.45, 7) is 1.85. The number of sulfone groups is 1. The molecule has 2 fully saturated rings. The molecule has 1 N–H and O–H groups in total. The molecule has 2 aliphatic rings. The summed E-state index contributed by atoms with van der Waals surface area (Å²) < 4.78 is 47.2. The van der Waals surface area contributed by atoms with Crippen LogP contribution < -0.4 is 5.32 Å². The summed E-state index contributed by atoms with van der Waals surface area (Å²) in [5.41, 5.74) is 0. The number of hydrogen-bond acceptors (Lipinski definition) is 5. The Morgan fingerprint density at radius 3 is 2.63 bits per heavy atom. The summed E-state index contributed by atoms with van der Waals surface area (Å²) >= 11 is 0. The van der Waals surface area contributed by atoms with Gasteiger partial charge in [-0.2, -0.15) is 0 Å². The summed E-state index contributed by atoms with van der Waals surface area (Å²) in [6.07, 6.45) is 3.79. The molecule has 6 nitrogen and oxygen atoms in total. The summed E-state index contributed by atoms with van der Waals surface area (Å²) in [4.78, 5) is 0. The number of nitrogens with one attached hydrogen (secondary N) is 1. The molecule has 0 aromatic heterocycles. The zero-order chi connectivity index (χ0) is 14.1. The van der Waals surface area contributed by atoms with Crippen molar-refractivity contribution in [2.75, 3.05) is 37.4 Å². The Morgan fingerprint density at radius 2 is 2.05 bits per heavy atom. The lowest BCUT2D eigenvalue weighted by molar-refractivity contribution is 0.257. The first kappa shape index (κ1) is 15.2. The topological polar surface area (TPSA) is 83.6 Å². The van der Waals surface area contributed by atoms with E-state index in [2.05, 4.69) is 5.32 Å². The highest BCUT2D eigenvalue weighted by atomic mass is 32.2. The van der Waals surface area contributed by atoms with Gasteiger partial charge in [0.05, 0.1) is 17.8 Å². The van der Waals surface area contributed by atoms with E-state index in [9.17, 15) is 16.8 Å². The van der Waals surface area contributed by atoms with Crippen molar-refractivity contribution in [1.29, 1.82) is 0 Å². The van der Waals surface area contributed by atoms with Crippen LogP contribution >= 0.6 is 0 Å². The molecule has 112 valence electrons. The molecule has 0 spiro atoms. The van der Waals surface area contributed by atoms with E-state index in [0.717, 1.165) is 12.8 Å². The molecule has 2 aliphatic heterocycles. The minimum atomic E-state index is -3.11. The monoisotopic (exact) mass is 310 g/mol. The van der Waals surface area contributed by atoms with Gasteiger partial charge < -0.3 is 5.32 Å². The predicted octanol–water partition coefficient (Wildman–Crippen LogP) is -0.565. The zero-order valence-corrected chi connectivity index (χ0v) is 12.8. The molecule has 0 aromatic carbocycles. The van der Waals surface area contributed by atoms with Crippen LogP contribution in [0.3, 0.4) is 0 Å². The Bertz CT molecular complexity index is 515. The summed E-state index contributed by atoms with van der Waals surface area (Å²) in [5, 5.41) is 3.28. The first-order chi connectivity index (χ1) is 8.76. The van der Waals surface area contributed by atoms with E-state index in [-0.39, 0.29) is 23.5 Å². The van der Waals surface area contributed by atoms with E-state index in [0.29, 0.717) is 26.1 Å². The second-order valence-corrected chi connectivity index (χ2v) is 9.85. The van der Waals surface area contributed by atoms with Crippen molar-refractivity contribution in [2.24, 2.45) is 5.92 Å². The number of sulfonamides is 1. The molecule has 2 atom stereocenters.